The molecule has 1 unspecified atom stereocenters. The van der Waals surface area contributed by atoms with E-state index in [-0.39, 0.29) is 11.7 Å². The van der Waals surface area contributed by atoms with Crippen molar-refractivity contribution in [1.29, 1.82) is 0 Å². The Morgan fingerprint density at radius 3 is 2.29 bits per heavy atom. The molecule has 9 heteroatoms. The van der Waals surface area contributed by atoms with Crippen LogP contribution in [0.2, 0.25) is 0 Å². The summed E-state index contributed by atoms with van der Waals surface area (Å²) in [5.74, 6) is -0.937. The first-order valence-corrected chi connectivity index (χ1v) is 10.7. The highest BCUT2D eigenvalue weighted by molar-refractivity contribution is 7.80. The lowest BCUT2D eigenvalue weighted by Gasteiger charge is -2.37. The van der Waals surface area contributed by atoms with Crippen molar-refractivity contribution in [2.45, 2.75) is 13.0 Å². The lowest BCUT2D eigenvalue weighted by molar-refractivity contribution is 0.404. The largest absolute Gasteiger partial charge is 0.351 e. The predicted octanol–water partition coefficient (Wildman–Crippen LogP) is 6.02. The minimum atomic E-state index is -0.617. The van der Waals surface area contributed by atoms with E-state index in [0.29, 0.717) is 33.2 Å². The van der Waals surface area contributed by atoms with Gasteiger partial charge in [-0.3, -0.25) is 4.90 Å². The summed E-state index contributed by atoms with van der Waals surface area (Å²) in [6.45, 7) is 1.78. The third-order valence-electron chi connectivity index (χ3n) is 5.47. The summed E-state index contributed by atoms with van der Waals surface area (Å²) in [6.07, 6.45) is 0. The molecule has 1 aromatic heterocycles. The number of nitrogens with zero attached hydrogens (tertiary/aromatic N) is 3. The van der Waals surface area contributed by atoms with E-state index in [1.54, 1.807) is 48.2 Å². The van der Waals surface area contributed by atoms with Crippen LogP contribution in [0.25, 0.3) is 17.0 Å². The van der Waals surface area contributed by atoms with E-state index in [9.17, 15) is 13.2 Å². The topological polar surface area (TPSA) is 54.2 Å². The first kappa shape index (κ1) is 21.8. The maximum atomic E-state index is 14.1. The fraction of sp³-hybridized carbons (Fsp3) is 0.0800. The molecule has 0 saturated heterocycles. The Morgan fingerprint density at radius 1 is 0.912 bits per heavy atom. The van der Waals surface area contributed by atoms with Crippen LogP contribution in [0, 0.1) is 17.5 Å². The average Bonchev–Trinajstić information content (AvgIpc) is 3.28. The summed E-state index contributed by atoms with van der Waals surface area (Å²) in [6, 6.07) is 17.3. The SMILES string of the molecule is CC1=C(c2nc(-c3cccc(F)c3)no2)C(c2cccc(F)c2)NC(=S)N1c1cccc(F)c1. The molecule has 0 aliphatic carbocycles. The standard InChI is InChI=1S/C25H17F3N4OS/c1-14-21(24-30-23(31-33-24)16-6-3-8-18(27)12-16)22(15-5-2-7-17(26)11-15)29-25(34)32(14)20-10-4-9-19(28)13-20/h2-13,22H,1H3,(H,29,34). The number of rotatable bonds is 4. The van der Waals surface area contributed by atoms with Gasteiger partial charge in [-0.2, -0.15) is 4.98 Å². The second kappa shape index (κ2) is 8.75. The highest BCUT2D eigenvalue weighted by atomic mass is 32.1. The summed E-state index contributed by atoms with van der Waals surface area (Å²) in [4.78, 5) is 6.13. The van der Waals surface area contributed by atoms with Crippen molar-refractivity contribution in [2.75, 3.05) is 4.90 Å². The summed E-state index contributed by atoms with van der Waals surface area (Å²) >= 11 is 5.59. The molecule has 0 amide bonds. The van der Waals surface area contributed by atoms with Gasteiger partial charge in [0.25, 0.3) is 5.89 Å². The van der Waals surface area contributed by atoms with Crippen LogP contribution in [0.3, 0.4) is 0 Å². The molecule has 0 saturated carbocycles. The van der Waals surface area contributed by atoms with E-state index in [4.69, 9.17) is 16.7 Å². The number of hydrogen-bond acceptors (Lipinski definition) is 4. The molecule has 5 rings (SSSR count). The molecule has 0 spiro atoms. The van der Waals surface area contributed by atoms with Gasteiger partial charge in [0, 0.05) is 11.3 Å². The van der Waals surface area contributed by atoms with Crippen LogP contribution in [0.4, 0.5) is 18.9 Å². The van der Waals surface area contributed by atoms with Crippen LogP contribution in [-0.2, 0) is 0 Å². The molecule has 1 aliphatic heterocycles. The zero-order chi connectivity index (χ0) is 23.8. The second-order valence-electron chi connectivity index (χ2n) is 7.69. The minimum absolute atomic E-state index is 0.141. The second-order valence-corrected chi connectivity index (χ2v) is 8.07. The van der Waals surface area contributed by atoms with Gasteiger partial charge >= 0.3 is 0 Å². The monoisotopic (exact) mass is 478 g/mol. The number of allylic oxidation sites excluding steroid dienone is 1. The van der Waals surface area contributed by atoms with Crippen molar-refractivity contribution >= 4 is 28.6 Å². The molecule has 1 aliphatic rings. The van der Waals surface area contributed by atoms with Gasteiger partial charge in [-0.1, -0.05) is 35.5 Å². The van der Waals surface area contributed by atoms with E-state index in [0.717, 1.165) is 0 Å². The van der Waals surface area contributed by atoms with E-state index in [1.807, 2.05) is 0 Å². The number of benzene rings is 3. The highest BCUT2D eigenvalue weighted by Crippen LogP contribution is 2.39. The fourth-order valence-electron chi connectivity index (χ4n) is 3.96. The third-order valence-corrected chi connectivity index (χ3v) is 5.77. The summed E-state index contributed by atoms with van der Waals surface area (Å²) in [7, 11) is 0. The Labute approximate surface area is 198 Å². The number of halogens is 3. The first-order chi connectivity index (χ1) is 16.4. The van der Waals surface area contributed by atoms with E-state index in [1.165, 1.54) is 36.4 Å². The summed E-state index contributed by atoms with van der Waals surface area (Å²) in [5, 5.41) is 7.50. The molecule has 1 atom stereocenters. The van der Waals surface area contributed by atoms with Crippen molar-refractivity contribution in [2.24, 2.45) is 0 Å². The lowest BCUT2D eigenvalue weighted by Crippen LogP contribution is -2.46. The number of anilines is 1. The van der Waals surface area contributed by atoms with Gasteiger partial charge in [0.2, 0.25) is 5.82 Å². The van der Waals surface area contributed by atoms with Gasteiger partial charge in [0.15, 0.2) is 5.11 Å². The van der Waals surface area contributed by atoms with Crippen LogP contribution < -0.4 is 10.2 Å². The number of aromatic nitrogens is 2. The Balaban J connectivity index is 1.67. The van der Waals surface area contributed by atoms with Crippen LogP contribution in [0.15, 0.2) is 83.0 Å². The van der Waals surface area contributed by atoms with Gasteiger partial charge in [0.1, 0.15) is 17.5 Å². The van der Waals surface area contributed by atoms with Crippen molar-refractivity contribution in [3.8, 4) is 11.4 Å². The van der Waals surface area contributed by atoms with E-state index < -0.39 is 23.5 Å². The molecule has 4 aromatic rings. The molecule has 34 heavy (non-hydrogen) atoms. The quantitative estimate of drug-likeness (QED) is 0.362. The molecule has 2 heterocycles. The van der Waals surface area contributed by atoms with Crippen LogP contribution in [0.1, 0.15) is 24.4 Å². The summed E-state index contributed by atoms with van der Waals surface area (Å²) in [5.41, 5.74) is 2.64. The molecule has 3 aromatic carbocycles. The smallest absolute Gasteiger partial charge is 0.258 e. The molecular formula is C25H17F3N4OS. The lowest BCUT2D eigenvalue weighted by atomic mass is 9.94. The maximum Gasteiger partial charge on any atom is 0.258 e. The Hall–Kier alpha value is -3.98. The minimum Gasteiger partial charge on any atom is -0.351 e. The van der Waals surface area contributed by atoms with Crippen LogP contribution in [0.5, 0.6) is 0 Å². The first-order valence-electron chi connectivity index (χ1n) is 10.3. The molecule has 5 nitrogen and oxygen atoms in total. The van der Waals surface area contributed by atoms with Crippen molar-refractivity contribution < 1.29 is 17.7 Å². The van der Waals surface area contributed by atoms with Crippen molar-refractivity contribution in [1.82, 2.24) is 15.5 Å². The molecular weight excluding hydrogens is 461 g/mol. The van der Waals surface area contributed by atoms with Gasteiger partial charge in [-0.25, -0.2) is 13.2 Å². The molecule has 170 valence electrons. The van der Waals surface area contributed by atoms with Crippen LogP contribution >= 0.6 is 12.2 Å². The van der Waals surface area contributed by atoms with Crippen LogP contribution in [-0.4, -0.2) is 15.3 Å². The van der Waals surface area contributed by atoms with Crippen molar-refractivity contribution in [3.63, 3.8) is 0 Å². The Morgan fingerprint density at radius 2 is 1.59 bits per heavy atom. The van der Waals surface area contributed by atoms with Crippen molar-refractivity contribution in [3.05, 3.63) is 107 Å². The van der Waals surface area contributed by atoms with Gasteiger partial charge < -0.3 is 9.84 Å². The normalized spacial score (nSPS) is 16.1. The van der Waals surface area contributed by atoms with Gasteiger partial charge in [0.05, 0.1) is 17.3 Å². The average molecular weight is 478 g/mol. The van der Waals surface area contributed by atoms with E-state index in [2.05, 4.69) is 15.5 Å². The zero-order valence-corrected chi connectivity index (χ0v) is 18.6. The Kier molecular flexibility index (Phi) is 5.62. The highest BCUT2D eigenvalue weighted by Gasteiger charge is 2.35. The van der Waals surface area contributed by atoms with E-state index >= 15 is 0 Å². The number of nitrogens with one attached hydrogen (secondary N) is 1. The van der Waals surface area contributed by atoms with Gasteiger partial charge in [-0.15, -0.1) is 0 Å². The maximum absolute atomic E-state index is 14.1. The molecule has 0 radical (unpaired) electrons. The number of hydrogen-bond donors (Lipinski definition) is 1. The van der Waals surface area contributed by atoms with Gasteiger partial charge in [-0.05, 0) is 67.2 Å². The Bertz CT molecular complexity index is 1430. The third kappa shape index (κ3) is 4.06. The molecule has 0 bridgehead atoms. The molecule has 1 N–H and O–H groups in total. The zero-order valence-electron chi connectivity index (χ0n) is 17.8. The summed E-state index contributed by atoms with van der Waals surface area (Å²) < 4.78 is 47.4. The number of thiocarbonyl (C=S) groups is 1. The molecule has 0 fully saturated rings. The fourth-order valence-corrected chi connectivity index (χ4v) is 4.32. The predicted molar refractivity (Wildman–Crippen MR) is 126 cm³/mol.